The Morgan fingerprint density at radius 2 is 1.54 bits per heavy atom. The summed E-state index contributed by atoms with van der Waals surface area (Å²) in [6.45, 7) is 5.31. The smallest absolute Gasteiger partial charge is 0.296 e. The lowest BCUT2D eigenvalue weighted by Crippen LogP contribution is -2.34. The first-order valence-electron chi connectivity index (χ1n) is 15.0. The average Bonchev–Trinajstić information content (AvgIpc) is 3.32. The van der Waals surface area contributed by atoms with E-state index in [1.54, 1.807) is 31.4 Å². The molecule has 0 amide bonds. The summed E-state index contributed by atoms with van der Waals surface area (Å²) < 4.78 is 50.8. The minimum absolute atomic E-state index is 0.0795. The molecule has 0 bridgehead atoms. The number of hydrogen-bond donors (Lipinski definition) is 3. The van der Waals surface area contributed by atoms with Gasteiger partial charge in [-0.3, -0.25) is 24.5 Å². The number of benzene rings is 2. The third-order valence-corrected chi connectivity index (χ3v) is 9.28. The van der Waals surface area contributed by atoms with Gasteiger partial charge in [0.15, 0.2) is 4.90 Å². The maximum Gasteiger partial charge on any atom is 0.296 e. The third-order valence-electron chi connectivity index (χ3n) is 7.41. The zero-order valence-corrected chi connectivity index (χ0v) is 27.9. The van der Waals surface area contributed by atoms with E-state index in [-0.39, 0.29) is 51.7 Å². The van der Waals surface area contributed by atoms with Crippen LogP contribution in [-0.4, -0.2) is 90.2 Å². The lowest BCUT2D eigenvalue weighted by molar-refractivity contribution is -0.396. The van der Waals surface area contributed by atoms with E-state index >= 15 is 0 Å². The van der Waals surface area contributed by atoms with Crippen molar-refractivity contribution in [1.82, 2.24) is 0 Å². The second-order valence-electron chi connectivity index (χ2n) is 10.9. The zero-order chi connectivity index (χ0) is 35.5. The largest absolute Gasteiger partial charge is 0.483 e. The Bertz CT molecular complexity index is 1650. The number of nitro groups is 2. The van der Waals surface area contributed by atoms with Gasteiger partial charge in [0.1, 0.15) is 11.4 Å². The quantitative estimate of drug-likeness (QED) is 0.109. The highest BCUT2D eigenvalue weighted by atomic mass is 32.2. The van der Waals surface area contributed by atoms with Gasteiger partial charge in [-0.25, -0.2) is 8.42 Å². The molecule has 0 aromatic heterocycles. The van der Waals surface area contributed by atoms with E-state index in [9.17, 15) is 28.6 Å². The summed E-state index contributed by atoms with van der Waals surface area (Å²) in [5.41, 5.74) is 18.8. The normalized spacial score (nSPS) is 14.4. The molecular formula is C31H42N6O10S. The molecule has 0 saturated carbocycles. The van der Waals surface area contributed by atoms with Crippen LogP contribution >= 0.6 is 0 Å². The number of anilines is 1. The summed E-state index contributed by atoms with van der Waals surface area (Å²) in [6.07, 6.45) is 3.69. The number of methoxy groups -OCH3 is 1. The number of nitro benzene ring substituents is 2. The Hall–Kier alpha value is -4.23. The highest BCUT2D eigenvalue weighted by Crippen LogP contribution is 2.40. The van der Waals surface area contributed by atoms with Gasteiger partial charge in [-0.2, -0.15) is 0 Å². The lowest BCUT2D eigenvalue weighted by atomic mass is 9.93. The second-order valence-corrected chi connectivity index (χ2v) is 12.8. The molecule has 6 N–H and O–H groups in total. The molecule has 1 heterocycles. The fourth-order valence-corrected chi connectivity index (χ4v) is 6.53. The molecule has 48 heavy (non-hydrogen) atoms. The molecule has 2 aromatic rings. The molecule has 0 fully saturated rings. The fraction of sp³-hybridized carbons (Fsp3) is 0.419. The number of rotatable bonds is 19. The van der Waals surface area contributed by atoms with E-state index in [0.29, 0.717) is 30.6 Å². The first-order chi connectivity index (χ1) is 22.8. The molecule has 3 rings (SSSR count). The van der Waals surface area contributed by atoms with Gasteiger partial charge >= 0.3 is 0 Å². The van der Waals surface area contributed by atoms with E-state index in [2.05, 4.69) is 0 Å². The van der Waals surface area contributed by atoms with Crippen molar-refractivity contribution in [3.8, 4) is 0 Å². The molecule has 2 aromatic carbocycles. The van der Waals surface area contributed by atoms with E-state index in [0.717, 1.165) is 33.2 Å². The van der Waals surface area contributed by atoms with Crippen LogP contribution < -0.4 is 21.5 Å². The predicted molar refractivity (Wildman–Crippen MR) is 180 cm³/mol. The maximum atomic E-state index is 13.9. The highest BCUT2D eigenvalue weighted by Gasteiger charge is 2.37. The van der Waals surface area contributed by atoms with E-state index in [1.807, 2.05) is 26.0 Å². The van der Waals surface area contributed by atoms with Gasteiger partial charge < -0.3 is 36.1 Å². The Kier molecular flexibility index (Phi) is 13.7. The number of non-ortho nitro benzene ring substituents is 1. The Labute approximate surface area is 279 Å². The summed E-state index contributed by atoms with van der Waals surface area (Å²) in [7, 11) is -3.06. The molecule has 0 spiro atoms. The van der Waals surface area contributed by atoms with Gasteiger partial charge in [-0.1, -0.05) is 24.3 Å². The van der Waals surface area contributed by atoms with Crippen molar-refractivity contribution >= 4 is 33.2 Å². The topological polar surface area (TPSA) is 239 Å². The standard InChI is InChI=1S/C31H42N6O10S/c1-31(2)27(26(21-34)30(47-31)23(19-32)20-33)10-6-22-4-7-24(8-5-22)35(12-13-45-16-17-46-15-14-44-3)48(42,43)29-11-9-25(36(38)39)18-28(29)37(40)41/h4-11,18H,12-17,19-21,32-34H2,1-3H3. The molecule has 0 radical (unpaired) electrons. The van der Waals surface area contributed by atoms with Gasteiger partial charge in [-0.05, 0) is 43.2 Å². The van der Waals surface area contributed by atoms with Crippen LogP contribution in [0.3, 0.4) is 0 Å². The van der Waals surface area contributed by atoms with Crippen LogP contribution in [0.5, 0.6) is 0 Å². The number of hydrogen-bond acceptors (Lipinski definition) is 13. The number of nitrogens with two attached hydrogens (primary N) is 3. The summed E-state index contributed by atoms with van der Waals surface area (Å²) in [5.74, 6) is 0.590. The highest BCUT2D eigenvalue weighted by molar-refractivity contribution is 7.93. The Morgan fingerprint density at radius 1 is 0.917 bits per heavy atom. The second kappa shape index (κ2) is 17.3. The number of sulfonamides is 1. The van der Waals surface area contributed by atoms with Crippen molar-refractivity contribution in [1.29, 1.82) is 0 Å². The predicted octanol–water partition coefficient (Wildman–Crippen LogP) is 2.63. The Morgan fingerprint density at radius 3 is 2.10 bits per heavy atom. The average molecular weight is 691 g/mol. The summed E-state index contributed by atoms with van der Waals surface area (Å²) >= 11 is 0. The first-order valence-corrected chi connectivity index (χ1v) is 16.4. The van der Waals surface area contributed by atoms with Crippen LogP contribution in [0.1, 0.15) is 19.4 Å². The van der Waals surface area contributed by atoms with Gasteiger partial charge in [0.05, 0.1) is 61.2 Å². The van der Waals surface area contributed by atoms with Crippen molar-refractivity contribution in [2.45, 2.75) is 24.3 Å². The van der Waals surface area contributed by atoms with Crippen molar-refractivity contribution in [2.75, 3.05) is 70.6 Å². The summed E-state index contributed by atoms with van der Waals surface area (Å²) in [4.78, 5) is 20.6. The molecule has 0 unspecified atom stereocenters. The van der Waals surface area contributed by atoms with E-state index in [4.69, 9.17) is 36.1 Å². The molecule has 0 aliphatic carbocycles. The van der Waals surface area contributed by atoms with Gasteiger partial charge in [-0.15, -0.1) is 0 Å². The molecule has 262 valence electrons. The van der Waals surface area contributed by atoms with E-state index < -0.39 is 41.7 Å². The monoisotopic (exact) mass is 690 g/mol. The van der Waals surface area contributed by atoms with Crippen LogP contribution in [0.2, 0.25) is 0 Å². The van der Waals surface area contributed by atoms with Crippen molar-refractivity contribution in [3.63, 3.8) is 0 Å². The summed E-state index contributed by atoms with van der Waals surface area (Å²) in [5, 5.41) is 23.1. The minimum Gasteiger partial charge on any atom is -0.483 e. The lowest BCUT2D eigenvalue weighted by Gasteiger charge is -2.24. The molecule has 1 aliphatic heterocycles. The van der Waals surface area contributed by atoms with Gasteiger partial charge in [0, 0.05) is 44.0 Å². The Balaban J connectivity index is 1.96. The molecule has 17 heteroatoms. The van der Waals surface area contributed by atoms with Crippen LogP contribution in [0.15, 0.2) is 75.9 Å². The van der Waals surface area contributed by atoms with Gasteiger partial charge in [0.2, 0.25) is 0 Å². The van der Waals surface area contributed by atoms with Gasteiger partial charge in [0.25, 0.3) is 21.4 Å². The number of ether oxygens (including phenoxy) is 4. The molecule has 0 atom stereocenters. The van der Waals surface area contributed by atoms with Crippen LogP contribution in [0, 0.1) is 20.2 Å². The third kappa shape index (κ3) is 9.22. The number of nitrogens with zero attached hydrogens (tertiary/aromatic N) is 3. The molecule has 1 aliphatic rings. The van der Waals surface area contributed by atoms with Crippen molar-refractivity contribution in [3.05, 3.63) is 96.8 Å². The van der Waals surface area contributed by atoms with Crippen molar-refractivity contribution < 1.29 is 37.2 Å². The summed E-state index contributed by atoms with van der Waals surface area (Å²) in [6, 6.07) is 8.83. The molecular weight excluding hydrogens is 648 g/mol. The first kappa shape index (κ1) is 38.2. The van der Waals surface area contributed by atoms with Crippen LogP contribution in [-0.2, 0) is 29.0 Å². The zero-order valence-electron chi connectivity index (χ0n) is 27.1. The van der Waals surface area contributed by atoms with Crippen LogP contribution in [0.25, 0.3) is 6.08 Å². The molecule has 16 nitrogen and oxygen atoms in total. The molecule has 0 saturated heterocycles. The van der Waals surface area contributed by atoms with Crippen molar-refractivity contribution in [2.24, 2.45) is 17.2 Å². The SMILES string of the molecule is COCCOCCOCCN(c1ccc(C=CC2=C(CN)C(=C(CN)CN)OC2(C)C)cc1)S(=O)(=O)c1ccc([N+](=O)[O-])cc1[N+](=O)[O-]. The van der Waals surface area contributed by atoms with Crippen LogP contribution in [0.4, 0.5) is 17.1 Å². The maximum absolute atomic E-state index is 13.9. The minimum atomic E-state index is -4.60. The fourth-order valence-electron chi connectivity index (χ4n) is 4.95. The van der Waals surface area contributed by atoms with E-state index in [1.165, 1.54) is 0 Å².